The van der Waals surface area contributed by atoms with Gasteiger partial charge in [0.05, 0.1) is 30.9 Å². The number of aromatic nitrogens is 1. The third-order valence-corrected chi connectivity index (χ3v) is 6.92. The predicted octanol–water partition coefficient (Wildman–Crippen LogP) is 1.04. The second kappa shape index (κ2) is 10.2. The zero-order chi connectivity index (χ0) is 22.4. The molecule has 1 aromatic heterocycles. The highest BCUT2D eigenvalue weighted by Gasteiger charge is 2.23. The first-order valence-corrected chi connectivity index (χ1v) is 11.5. The van der Waals surface area contributed by atoms with E-state index in [0.29, 0.717) is 31.0 Å². The highest BCUT2D eigenvalue weighted by Crippen LogP contribution is 2.19. The van der Waals surface area contributed by atoms with Crippen LogP contribution >= 0.6 is 11.3 Å². The molecule has 2 heterocycles. The van der Waals surface area contributed by atoms with Gasteiger partial charge in [-0.3, -0.25) is 10.1 Å². The molecule has 1 aliphatic heterocycles. The topological polar surface area (TPSA) is 130 Å². The van der Waals surface area contributed by atoms with Crippen LogP contribution in [0.3, 0.4) is 0 Å². The van der Waals surface area contributed by atoms with E-state index in [0.717, 1.165) is 10.5 Å². The first kappa shape index (κ1) is 23.2. The molecule has 13 heteroatoms. The fourth-order valence-electron chi connectivity index (χ4n) is 2.64. The van der Waals surface area contributed by atoms with Crippen molar-refractivity contribution in [2.45, 2.75) is 17.4 Å². The fraction of sp³-hybridized carbons (Fsp3) is 0.389. The number of nitrogens with one attached hydrogen (secondary N) is 1. The van der Waals surface area contributed by atoms with E-state index >= 15 is 0 Å². The zero-order valence-corrected chi connectivity index (χ0v) is 18.2. The third-order valence-electron chi connectivity index (χ3n) is 4.34. The summed E-state index contributed by atoms with van der Waals surface area (Å²) in [6.45, 7) is 0.490. The lowest BCUT2D eigenvalue weighted by molar-refractivity contribution is -0.110. The van der Waals surface area contributed by atoms with E-state index in [4.69, 9.17) is 14.7 Å². The number of rotatable bonds is 9. The summed E-state index contributed by atoms with van der Waals surface area (Å²) in [4.78, 5) is 21.9. The SMILES string of the molecule is CN(CCO)S(=O)(=O)c1ccc(C(=NO[C@@H]2CCOC2)C(=O)Nc2ncc(F)s2)cc1. The molecule has 1 atom stereocenters. The van der Waals surface area contributed by atoms with Crippen LogP contribution in [-0.2, 0) is 24.4 Å². The van der Waals surface area contributed by atoms with Crippen molar-refractivity contribution in [2.24, 2.45) is 5.16 Å². The molecule has 0 bridgehead atoms. The van der Waals surface area contributed by atoms with Crippen LogP contribution in [0.1, 0.15) is 12.0 Å². The van der Waals surface area contributed by atoms with Gasteiger partial charge in [0, 0.05) is 25.6 Å². The van der Waals surface area contributed by atoms with E-state index in [9.17, 15) is 17.6 Å². The average molecular weight is 473 g/mol. The molecule has 31 heavy (non-hydrogen) atoms. The summed E-state index contributed by atoms with van der Waals surface area (Å²) >= 11 is 0.655. The van der Waals surface area contributed by atoms with E-state index in [-0.39, 0.29) is 40.6 Å². The van der Waals surface area contributed by atoms with Crippen LogP contribution in [0.5, 0.6) is 0 Å². The lowest BCUT2D eigenvalue weighted by Gasteiger charge is -2.16. The highest BCUT2D eigenvalue weighted by atomic mass is 32.2. The summed E-state index contributed by atoms with van der Waals surface area (Å²) in [6.07, 6.45) is 1.28. The Balaban J connectivity index is 1.85. The number of nitrogens with zero attached hydrogens (tertiary/aromatic N) is 3. The number of benzene rings is 1. The quantitative estimate of drug-likeness (QED) is 0.412. The molecule has 0 radical (unpaired) electrons. The number of amides is 1. The van der Waals surface area contributed by atoms with E-state index in [2.05, 4.69) is 15.5 Å². The molecule has 168 valence electrons. The van der Waals surface area contributed by atoms with Gasteiger partial charge >= 0.3 is 0 Å². The van der Waals surface area contributed by atoms with Gasteiger partial charge in [0.25, 0.3) is 5.91 Å². The van der Waals surface area contributed by atoms with Crippen LogP contribution in [0.25, 0.3) is 0 Å². The lowest BCUT2D eigenvalue weighted by Crippen LogP contribution is -2.29. The molecule has 0 aliphatic carbocycles. The maximum atomic E-state index is 13.2. The van der Waals surface area contributed by atoms with Crippen LogP contribution in [0.2, 0.25) is 0 Å². The maximum Gasteiger partial charge on any atom is 0.280 e. The molecule has 1 aliphatic rings. The van der Waals surface area contributed by atoms with Crippen molar-refractivity contribution in [1.29, 1.82) is 0 Å². The predicted molar refractivity (Wildman–Crippen MR) is 111 cm³/mol. The molecule has 10 nitrogen and oxygen atoms in total. The first-order valence-electron chi connectivity index (χ1n) is 9.23. The summed E-state index contributed by atoms with van der Waals surface area (Å²) in [7, 11) is -2.45. The van der Waals surface area contributed by atoms with Crippen molar-refractivity contribution in [2.75, 3.05) is 38.7 Å². The molecular formula is C18H21FN4O6S2. The van der Waals surface area contributed by atoms with Crippen molar-refractivity contribution in [3.05, 3.63) is 41.2 Å². The van der Waals surface area contributed by atoms with Gasteiger partial charge in [0.15, 0.2) is 22.1 Å². The Bertz CT molecular complexity index is 1040. The number of halogens is 1. The second-order valence-corrected chi connectivity index (χ2v) is 9.55. The number of carbonyl (C=O) groups excluding carboxylic acids is 1. The van der Waals surface area contributed by atoms with Crippen LogP contribution < -0.4 is 5.32 Å². The van der Waals surface area contributed by atoms with Crippen molar-refractivity contribution in [1.82, 2.24) is 9.29 Å². The molecule has 2 aromatic rings. The minimum Gasteiger partial charge on any atom is -0.395 e. The number of ether oxygens (including phenoxy) is 1. The first-order chi connectivity index (χ1) is 14.8. The van der Waals surface area contributed by atoms with E-state index in [1.54, 1.807) is 0 Å². The number of oxime groups is 1. The van der Waals surface area contributed by atoms with E-state index in [1.165, 1.54) is 31.3 Å². The van der Waals surface area contributed by atoms with Crippen LogP contribution in [-0.4, -0.2) is 73.9 Å². The molecule has 0 saturated carbocycles. The number of hydrogen-bond acceptors (Lipinski definition) is 9. The smallest absolute Gasteiger partial charge is 0.280 e. The summed E-state index contributed by atoms with van der Waals surface area (Å²) < 4.78 is 44.4. The molecule has 3 rings (SSSR count). The number of thiazole rings is 1. The molecule has 0 unspecified atom stereocenters. The number of aliphatic hydroxyl groups is 1. The molecule has 0 spiro atoms. The Morgan fingerprint density at radius 1 is 1.45 bits per heavy atom. The minimum absolute atomic E-state index is 0.0148. The van der Waals surface area contributed by atoms with Crippen molar-refractivity contribution in [3.63, 3.8) is 0 Å². The number of hydrogen-bond donors (Lipinski definition) is 2. The lowest BCUT2D eigenvalue weighted by atomic mass is 10.1. The second-order valence-electron chi connectivity index (χ2n) is 6.53. The molecular weight excluding hydrogens is 451 g/mol. The molecule has 1 fully saturated rings. The Morgan fingerprint density at radius 3 is 2.77 bits per heavy atom. The third kappa shape index (κ3) is 5.83. The van der Waals surface area contributed by atoms with Gasteiger partial charge in [0.2, 0.25) is 10.0 Å². The molecule has 1 saturated heterocycles. The normalized spacial score (nSPS) is 17.2. The number of aliphatic hydroxyl groups excluding tert-OH is 1. The molecule has 2 N–H and O–H groups in total. The number of sulfonamides is 1. The van der Waals surface area contributed by atoms with E-state index in [1.807, 2.05) is 0 Å². The van der Waals surface area contributed by atoms with Gasteiger partial charge in [-0.2, -0.15) is 8.70 Å². The minimum atomic E-state index is -3.80. The van der Waals surface area contributed by atoms with Gasteiger partial charge in [-0.1, -0.05) is 28.6 Å². The Morgan fingerprint density at radius 2 is 2.19 bits per heavy atom. The fourth-order valence-corrected chi connectivity index (χ4v) is 4.34. The van der Waals surface area contributed by atoms with Crippen molar-refractivity contribution < 1.29 is 32.3 Å². The van der Waals surface area contributed by atoms with E-state index < -0.39 is 21.1 Å². The monoisotopic (exact) mass is 472 g/mol. The van der Waals surface area contributed by atoms with Gasteiger partial charge in [0.1, 0.15) is 0 Å². The Labute approximate surface area is 182 Å². The highest BCUT2D eigenvalue weighted by molar-refractivity contribution is 7.89. The molecule has 1 aromatic carbocycles. The summed E-state index contributed by atoms with van der Waals surface area (Å²) in [6, 6.07) is 5.47. The Hall–Kier alpha value is -2.45. The van der Waals surface area contributed by atoms with Crippen molar-refractivity contribution >= 4 is 38.1 Å². The van der Waals surface area contributed by atoms with Gasteiger partial charge in [-0.25, -0.2) is 13.4 Å². The van der Waals surface area contributed by atoms with Gasteiger partial charge in [-0.15, -0.1) is 0 Å². The average Bonchev–Trinajstić information content (AvgIpc) is 3.40. The number of likely N-dealkylation sites (N-methyl/N-ethyl adjacent to an activating group) is 1. The maximum absolute atomic E-state index is 13.2. The zero-order valence-electron chi connectivity index (χ0n) is 16.5. The van der Waals surface area contributed by atoms with Crippen LogP contribution in [0.15, 0.2) is 40.5 Å². The number of anilines is 1. The van der Waals surface area contributed by atoms with Crippen molar-refractivity contribution in [3.8, 4) is 0 Å². The Kier molecular flexibility index (Phi) is 7.67. The standard InChI is InChI=1S/C18H21FN4O6S2/c1-23(7-8-24)31(26,27)14-4-2-12(3-5-14)16(22-29-13-6-9-28-11-13)17(25)21-18-20-10-15(19)30-18/h2-5,10,13,24H,6-9,11H2,1H3,(H,20,21,25)/t13-/m1/s1. The molecule has 1 amide bonds. The number of carbonyl (C=O) groups is 1. The van der Waals surface area contributed by atoms with Crippen LogP contribution in [0.4, 0.5) is 9.52 Å². The summed E-state index contributed by atoms with van der Waals surface area (Å²) in [5, 5.41) is 14.9. The van der Waals surface area contributed by atoms with Crippen LogP contribution in [0, 0.1) is 5.13 Å². The van der Waals surface area contributed by atoms with Gasteiger partial charge < -0.3 is 14.7 Å². The summed E-state index contributed by atoms with van der Waals surface area (Å²) in [5.41, 5.74) is 0.160. The van der Waals surface area contributed by atoms with Gasteiger partial charge in [-0.05, 0) is 12.1 Å². The summed E-state index contributed by atoms with van der Waals surface area (Å²) in [5.74, 6) is -0.693. The largest absolute Gasteiger partial charge is 0.395 e.